The topological polar surface area (TPSA) is 41.9 Å². The Balaban J connectivity index is 1.73. The highest BCUT2D eigenvalue weighted by molar-refractivity contribution is 9.10. The van der Waals surface area contributed by atoms with Crippen LogP contribution in [0.25, 0.3) is 6.08 Å². The van der Waals surface area contributed by atoms with Crippen molar-refractivity contribution in [3.63, 3.8) is 0 Å². The lowest BCUT2D eigenvalue weighted by Gasteiger charge is -2.22. The first-order valence-electron chi connectivity index (χ1n) is 9.36. The molecule has 4 nitrogen and oxygen atoms in total. The van der Waals surface area contributed by atoms with Crippen LogP contribution in [-0.2, 0) is 4.79 Å². The van der Waals surface area contributed by atoms with Crippen LogP contribution in [-0.4, -0.2) is 29.1 Å². The first-order valence-corrected chi connectivity index (χ1v) is 11.0. The summed E-state index contributed by atoms with van der Waals surface area (Å²) < 4.78 is 6.41. The number of thioether (sulfide) groups is 1. The molecule has 2 aromatic carbocycles. The molecule has 1 amide bonds. The van der Waals surface area contributed by atoms with E-state index < -0.39 is 0 Å². The minimum Gasteiger partial charge on any atom is -0.496 e. The van der Waals surface area contributed by atoms with E-state index in [4.69, 9.17) is 9.73 Å². The Labute approximate surface area is 177 Å². The zero-order valence-electron chi connectivity index (χ0n) is 15.6. The van der Waals surface area contributed by atoms with E-state index in [1.807, 2.05) is 59.5 Å². The summed E-state index contributed by atoms with van der Waals surface area (Å²) in [6, 6.07) is 15.8. The highest BCUT2D eigenvalue weighted by Crippen LogP contribution is 2.40. The maximum atomic E-state index is 13.3. The summed E-state index contributed by atoms with van der Waals surface area (Å²) in [6.07, 6.45) is 6.31. The maximum Gasteiger partial charge on any atom is 0.267 e. The van der Waals surface area contributed by atoms with Crippen LogP contribution in [0.5, 0.6) is 5.75 Å². The first-order chi connectivity index (χ1) is 13.7. The van der Waals surface area contributed by atoms with Gasteiger partial charge in [0.25, 0.3) is 5.91 Å². The Bertz CT molecular complexity index is 937. The van der Waals surface area contributed by atoms with E-state index in [9.17, 15) is 4.79 Å². The van der Waals surface area contributed by atoms with Crippen LogP contribution in [0.2, 0.25) is 0 Å². The van der Waals surface area contributed by atoms with Gasteiger partial charge in [0.1, 0.15) is 5.75 Å². The van der Waals surface area contributed by atoms with Gasteiger partial charge < -0.3 is 4.74 Å². The largest absolute Gasteiger partial charge is 0.496 e. The molecule has 0 bridgehead atoms. The summed E-state index contributed by atoms with van der Waals surface area (Å²) in [5.41, 5.74) is 1.74. The molecule has 28 heavy (non-hydrogen) atoms. The molecule has 1 aliphatic heterocycles. The third-order valence-electron chi connectivity index (χ3n) is 4.99. The minimum absolute atomic E-state index is 0.0357. The molecule has 1 aliphatic carbocycles. The zero-order valence-corrected chi connectivity index (χ0v) is 18.0. The van der Waals surface area contributed by atoms with Gasteiger partial charge in [-0.2, -0.15) is 0 Å². The third kappa shape index (κ3) is 4.03. The van der Waals surface area contributed by atoms with Gasteiger partial charge in [-0.25, -0.2) is 4.99 Å². The van der Waals surface area contributed by atoms with Gasteiger partial charge in [-0.1, -0.05) is 47.0 Å². The fraction of sp³-hybridized carbons (Fsp3) is 0.273. The number of rotatable bonds is 4. The van der Waals surface area contributed by atoms with Gasteiger partial charge in [-0.15, -0.1) is 0 Å². The average molecular weight is 457 g/mol. The standard InChI is InChI=1S/C22H21BrN2O2S/c1-27-19-12-11-16(23)13-15(19)14-20-21(26)25(18-9-5-6-10-18)22(28-20)24-17-7-3-2-4-8-17/h2-4,7-8,11-14,18H,5-6,9-10H2,1H3/b20-14+,24-22?. The molecule has 0 unspecified atom stereocenters. The lowest BCUT2D eigenvalue weighted by atomic mass is 10.1. The number of halogens is 1. The summed E-state index contributed by atoms with van der Waals surface area (Å²) in [5.74, 6) is 0.776. The molecule has 144 valence electrons. The molecule has 0 atom stereocenters. The summed E-state index contributed by atoms with van der Waals surface area (Å²) in [6.45, 7) is 0. The van der Waals surface area contributed by atoms with Crippen LogP contribution in [0.15, 0.2) is 62.9 Å². The summed E-state index contributed by atoms with van der Waals surface area (Å²) in [4.78, 5) is 20.7. The van der Waals surface area contributed by atoms with Gasteiger partial charge >= 0.3 is 0 Å². The number of benzene rings is 2. The molecule has 0 radical (unpaired) electrons. The molecular weight excluding hydrogens is 436 g/mol. The Morgan fingerprint density at radius 2 is 1.93 bits per heavy atom. The van der Waals surface area contributed by atoms with Gasteiger partial charge in [0.05, 0.1) is 17.7 Å². The number of carbonyl (C=O) groups excluding carboxylic acids is 1. The van der Waals surface area contributed by atoms with E-state index >= 15 is 0 Å². The van der Waals surface area contributed by atoms with Gasteiger partial charge in [0, 0.05) is 16.1 Å². The van der Waals surface area contributed by atoms with Crippen LogP contribution in [0.1, 0.15) is 31.2 Å². The van der Waals surface area contributed by atoms with Crippen LogP contribution in [0.3, 0.4) is 0 Å². The predicted molar refractivity (Wildman–Crippen MR) is 119 cm³/mol. The van der Waals surface area contributed by atoms with Crippen molar-refractivity contribution in [3.05, 3.63) is 63.5 Å². The predicted octanol–water partition coefficient (Wildman–Crippen LogP) is 6.00. The molecule has 0 N–H and O–H groups in total. The quantitative estimate of drug-likeness (QED) is 0.529. The van der Waals surface area contributed by atoms with E-state index in [1.165, 1.54) is 11.8 Å². The normalized spacial score (nSPS) is 20.5. The van der Waals surface area contributed by atoms with Crippen molar-refractivity contribution in [2.45, 2.75) is 31.7 Å². The molecule has 4 rings (SSSR count). The van der Waals surface area contributed by atoms with E-state index in [-0.39, 0.29) is 11.9 Å². The second kappa shape index (κ2) is 8.53. The summed E-state index contributed by atoms with van der Waals surface area (Å²) in [7, 11) is 1.64. The van der Waals surface area contributed by atoms with Crippen molar-refractivity contribution in [2.75, 3.05) is 7.11 Å². The number of carbonyl (C=O) groups is 1. The third-order valence-corrected chi connectivity index (χ3v) is 6.46. The van der Waals surface area contributed by atoms with Crippen molar-refractivity contribution in [1.29, 1.82) is 0 Å². The molecule has 2 aliphatic rings. The molecule has 1 saturated heterocycles. The highest BCUT2D eigenvalue weighted by atomic mass is 79.9. The number of nitrogens with zero attached hydrogens (tertiary/aromatic N) is 2. The monoisotopic (exact) mass is 456 g/mol. The minimum atomic E-state index is 0.0357. The second-order valence-electron chi connectivity index (χ2n) is 6.84. The Kier molecular flexibility index (Phi) is 5.87. The lowest BCUT2D eigenvalue weighted by molar-refractivity contribution is -0.123. The van der Waals surface area contributed by atoms with Crippen molar-refractivity contribution in [3.8, 4) is 5.75 Å². The molecule has 0 spiro atoms. The van der Waals surface area contributed by atoms with Crippen LogP contribution in [0.4, 0.5) is 5.69 Å². The number of para-hydroxylation sites is 1. The summed E-state index contributed by atoms with van der Waals surface area (Å²) >= 11 is 4.95. The van der Waals surface area contributed by atoms with E-state index in [0.29, 0.717) is 4.91 Å². The molecule has 2 fully saturated rings. The van der Waals surface area contributed by atoms with Crippen LogP contribution in [0, 0.1) is 0 Å². The maximum absolute atomic E-state index is 13.3. The van der Waals surface area contributed by atoms with Gasteiger partial charge in [-0.05, 0) is 61.0 Å². The number of ether oxygens (including phenoxy) is 1. The lowest BCUT2D eigenvalue weighted by Crippen LogP contribution is -2.37. The van der Waals surface area contributed by atoms with Gasteiger partial charge in [0.2, 0.25) is 0 Å². The zero-order chi connectivity index (χ0) is 19.5. The van der Waals surface area contributed by atoms with Crippen molar-refractivity contribution < 1.29 is 9.53 Å². The van der Waals surface area contributed by atoms with Crippen molar-refractivity contribution in [2.24, 2.45) is 4.99 Å². The number of hydrogen-bond donors (Lipinski definition) is 0. The number of hydrogen-bond acceptors (Lipinski definition) is 4. The number of methoxy groups -OCH3 is 1. The van der Waals surface area contributed by atoms with E-state index in [0.717, 1.165) is 52.3 Å². The SMILES string of the molecule is COc1ccc(Br)cc1/C=C1/SC(=Nc2ccccc2)N(C2CCCC2)C1=O. The smallest absolute Gasteiger partial charge is 0.267 e. The Hall–Kier alpha value is -2.05. The first kappa shape index (κ1) is 19.3. The highest BCUT2D eigenvalue weighted by Gasteiger charge is 2.39. The molecule has 6 heteroatoms. The van der Waals surface area contributed by atoms with Crippen molar-refractivity contribution >= 4 is 50.5 Å². The molecular formula is C22H21BrN2O2S. The van der Waals surface area contributed by atoms with E-state index in [2.05, 4.69) is 15.9 Å². The second-order valence-corrected chi connectivity index (χ2v) is 8.77. The molecule has 0 aromatic heterocycles. The van der Waals surface area contributed by atoms with Crippen molar-refractivity contribution in [1.82, 2.24) is 4.90 Å². The van der Waals surface area contributed by atoms with Crippen LogP contribution >= 0.6 is 27.7 Å². The van der Waals surface area contributed by atoms with E-state index in [1.54, 1.807) is 7.11 Å². The number of aliphatic imine (C=N–C) groups is 1. The fourth-order valence-electron chi connectivity index (χ4n) is 3.62. The van der Waals surface area contributed by atoms with Gasteiger partial charge in [0.15, 0.2) is 5.17 Å². The molecule has 2 aromatic rings. The summed E-state index contributed by atoms with van der Waals surface area (Å²) in [5, 5.41) is 0.767. The van der Waals surface area contributed by atoms with Gasteiger partial charge in [-0.3, -0.25) is 9.69 Å². The van der Waals surface area contributed by atoms with Crippen LogP contribution < -0.4 is 4.74 Å². The average Bonchev–Trinajstić information content (AvgIpc) is 3.31. The Morgan fingerprint density at radius 3 is 2.64 bits per heavy atom. The number of amidine groups is 1. The molecule has 1 heterocycles. The number of amides is 1. The molecule has 1 saturated carbocycles. The fourth-order valence-corrected chi connectivity index (χ4v) is 5.05. The Morgan fingerprint density at radius 1 is 1.18 bits per heavy atom.